The van der Waals surface area contributed by atoms with E-state index in [1.807, 2.05) is 0 Å². The molecule has 0 aliphatic heterocycles. The molecule has 0 radical (unpaired) electrons. The first-order chi connectivity index (χ1) is 12.7. The largest absolute Gasteiger partial charge is 0.369 e. The van der Waals surface area contributed by atoms with Crippen LogP contribution in [0.1, 0.15) is 79.1 Å². The molecule has 2 unspecified atom stereocenters. The lowest BCUT2D eigenvalue weighted by atomic mass is 9.95. The van der Waals surface area contributed by atoms with E-state index in [4.69, 9.17) is 0 Å². The van der Waals surface area contributed by atoms with Gasteiger partial charge in [-0.3, -0.25) is 0 Å². The molecule has 0 saturated carbocycles. The van der Waals surface area contributed by atoms with Gasteiger partial charge in [0.05, 0.1) is 17.4 Å². The molecule has 2 aromatic rings. The summed E-state index contributed by atoms with van der Waals surface area (Å²) in [4.78, 5) is 2.64. The van der Waals surface area contributed by atoms with Crippen molar-refractivity contribution in [3.63, 3.8) is 0 Å². The van der Waals surface area contributed by atoms with Gasteiger partial charge in [-0.25, -0.2) is 0 Å². The molecule has 0 bridgehead atoms. The average molecular weight is 376 g/mol. The van der Waals surface area contributed by atoms with E-state index in [9.17, 15) is 0 Å². The average Bonchev–Trinajstić information content (AvgIpc) is 3.15. The fraction of sp³-hybridized carbons (Fsp3) is 0.727. The second-order valence-electron chi connectivity index (χ2n) is 7.65. The summed E-state index contributed by atoms with van der Waals surface area (Å²) in [6.45, 7) is 11.6. The summed E-state index contributed by atoms with van der Waals surface area (Å²) in [5.74, 6) is 1.53. The van der Waals surface area contributed by atoms with Crippen LogP contribution >= 0.6 is 11.7 Å². The minimum Gasteiger partial charge on any atom is -0.369 e. The maximum atomic E-state index is 4.62. The lowest BCUT2D eigenvalue weighted by Gasteiger charge is -2.32. The summed E-state index contributed by atoms with van der Waals surface area (Å²) in [6, 6.07) is 6.48. The Morgan fingerprint density at radius 3 is 2.04 bits per heavy atom. The number of hydrogen-bond donors (Lipinski definition) is 0. The summed E-state index contributed by atoms with van der Waals surface area (Å²) >= 11 is 1.33. The zero-order chi connectivity index (χ0) is 18.8. The maximum absolute atomic E-state index is 4.62. The highest BCUT2D eigenvalue weighted by Crippen LogP contribution is 2.29. The highest BCUT2D eigenvalue weighted by molar-refractivity contribution is 7.00. The maximum Gasteiger partial charge on any atom is 0.128 e. The molecular formula is C22H37N3S. The summed E-state index contributed by atoms with van der Waals surface area (Å²) in [5.41, 5.74) is 3.43. The number of benzene rings is 1. The van der Waals surface area contributed by atoms with Crippen LogP contribution < -0.4 is 4.90 Å². The van der Waals surface area contributed by atoms with Gasteiger partial charge in [-0.15, -0.1) is 0 Å². The molecule has 2 atom stereocenters. The van der Waals surface area contributed by atoms with Gasteiger partial charge in [0.1, 0.15) is 11.0 Å². The molecular weight excluding hydrogens is 338 g/mol. The van der Waals surface area contributed by atoms with Crippen LogP contribution in [0.25, 0.3) is 11.0 Å². The summed E-state index contributed by atoms with van der Waals surface area (Å²) in [6.07, 6.45) is 10.4. The van der Waals surface area contributed by atoms with E-state index < -0.39 is 0 Å². The van der Waals surface area contributed by atoms with Crippen molar-refractivity contribution in [1.82, 2.24) is 8.75 Å². The standard InChI is InChI=1S/C22H37N3S/c1-5-9-12-18(7-3)16-25(17-19(8-4)13-10-6-2)21-15-11-14-20-22(21)24-26-23-20/h11,14-15,18-19H,5-10,12-13,16-17H2,1-4H3. The Morgan fingerprint density at radius 2 is 1.50 bits per heavy atom. The highest BCUT2D eigenvalue weighted by atomic mass is 32.1. The number of anilines is 1. The molecule has 1 aromatic carbocycles. The van der Waals surface area contributed by atoms with E-state index in [-0.39, 0.29) is 0 Å². The van der Waals surface area contributed by atoms with Gasteiger partial charge in [0, 0.05) is 13.1 Å². The monoisotopic (exact) mass is 375 g/mol. The molecule has 1 heterocycles. The first kappa shape index (κ1) is 21.1. The number of rotatable bonds is 13. The third-order valence-corrected chi connectivity index (χ3v) is 6.19. The molecule has 1 aromatic heterocycles. The molecule has 0 aliphatic carbocycles. The molecule has 0 N–H and O–H groups in total. The minimum atomic E-state index is 0.764. The lowest BCUT2D eigenvalue weighted by Crippen LogP contribution is -2.34. The Bertz CT molecular complexity index is 607. The molecule has 0 saturated heterocycles. The second kappa shape index (κ2) is 11.5. The molecule has 0 aliphatic rings. The van der Waals surface area contributed by atoms with E-state index in [0.29, 0.717) is 0 Å². The molecule has 0 amide bonds. The van der Waals surface area contributed by atoms with Crippen molar-refractivity contribution in [2.75, 3.05) is 18.0 Å². The van der Waals surface area contributed by atoms with Gasteiger partial charge in [-0.1, -0.05) is 72.3 Å². The molecule has 0 fully saturated rings. The third kappa shape index (κ3) is 5.94. The van der Waals surface area contributed by atoms with Crippen molar-refractivity contribution in [3.8, 4) is 0 Å². The van der Waals surface area contributed by atoms with Gasteiger partial charge < -0.3 is 4.90 Å². The van der Waals surface area contributed by atoms with Crippen LogP contribution in [0.3, 0.4) is 0 Å². The van der Waals surface area contributed by atoms with Crippen LogP contribution in [-0.2, 0) is 0 Å². The Balaban J connectivity index is 2.23. The minimum absolute atomic E-state index is 0.764. The van der Waals surface area contributed by atoms with Gasteiger partial charge in [0.25, 0.3) is 0 Å². The fourth-order valence-electron chi connectivity index (χ4n) is 3.78. The number of hydrogen-bond acceptors (Lipinski definition) is 4. The van der Waals surface area contributed by atoms with Crippen molar-refractivity contribution in [2.45, 2.75) is 79.1 Å². The van der Waals surface area contributed by atoms with E-state index in [1.54, 1.807) is 0 Å². The summed E-state index contributed by atoms with van der Waals surface area (Å²) < 4.78 is 9.08. The summed E-state index contributed by atoms with van der Waals surface area (Å²) in [7, 11) is 0. The van der Waals surface area contributed by atoms with E-state index in [2.05, 4.69) is 59.5 Å². The predicted molar refractivity (Wildman–Crippen MR) is 116 cm³/mol. The molecule has 146 valence electrons. The Hall–Kier alpha value is -1.16. The predicted octanol–water partition coefficient (Wildman–Crippen LogP) is 6.93. The quantitative estimate of drug-likeness (QED) is 0.380. The molecule has 4 heteroatoms. The normalized spacial score (nSPS) is 13.8. The van der Waals surface area contributed by atoms with Crippen LogP contribution in [0.15, 0.2) is 18.2 Å². The zero-order valence-corrected chi connectivity index (χ0v) is 18.0. The topological polar surface area (TPSA) is 29.0 Å². The number of unbranched alkanes of at least 4 members (excludes halogenated alkanes) is 2. The second-order valence-corrected chi connectivity index (χ2v) is 8.18. The molecule has 3 nitrogen and oxygen atoms in total. The van der Waals surface area contributed by atoms with Crippen LogP contribution in [0.2, 0.25) is 0 Å². The number of nitrogens with zero attached hydrogens (tertiary/aromatic N) is 3. The van der Waals surface area contributed by atoms with E-state index >= 15 is 0 Å². The van der Waals surface area contributed by atoms with Gasteiger partial charge in [0.2, 0.25) is 0 Å². The third-order valence-electron chi connectivity index (χ3n) is 5.65. The van der Waals surface area contributed by atoms with Crippen molar-refractivity contribution in [2.24, 2.45) is 11.8 Å². The lowest BCUT2D eigenvalue weighted by molar-refractivity contribution is 0.404. The first-order valence-electron chi connectivity index (χ1n) is 10.7. The number of fused-ring (bicyclic) bond motifs is 1. The van der Waals surface area contributed by atoms with Gasteiger partial charge in [0.15, 0.2) is 0 Å². The zero-order valence-electron chi connectivity index (χ0n) is 17.2. The first-order valence-corrected chi connectivity index (χ1v) is 11.4. The van der Waals surface area contributed by atoms with Crippen molar-refractivity contribution in [1.29, 1.82) is 0 Å². The van der Waals surface area contributed by atoms with Crippen LogP contribution in [0.5, 0.6) is 0 Å². The van der Waals surface area contributed by atoms with Crippen molar-refractivity contribution >= 4 is 28.4 Å². The van der Waals surface area contributed by atoms with Gasteiger partial charge in [-0.05, 0) is 36.8 Å². The fourth-order valence-corrected chi connectivity index (χ4v) is 4.32. The Labute approximate surface area is 164 Å². The van der Waals surface area contributed by atoms with Gasteiger partial charge >= 0.3 is 0 Å². The highest BCUT2D eigenvalue weighted by Gasteiger charge is 2.20. The SMILES string of the molecule is CCCCC(CC)CN(CC(CC)CCCC)c1cccc2nsnc12. The van der Waals surface area contributed by atoms with Crippen molar-refractivity contribution < 1.29 is 0 Å². The molecule has 2 rings (SSSR count). The van der Waals surface area contributed by atoms with E-state index in [1.165, 1.54) is 68.8 Å². The van der Waals surface area contributed by atoms with Crippen LogP contribution in [-0.4, -0.2) is 21.8 Å². The smallest absolute Gasteiger partial charge is 0.128 e. The Morgan fingerprint density at radius 1 is 0.885 bits per heavy atom. The number of aromatic nitrogens is 2. The van der Waals surface area contributed by atoms with Crippen LogP contribution in [0.4, 0.5) is 5.69 Å². The molecule has 0 spiro atoms. The van der Waals surface area contributed by atoms with Gasteiger partial charge in [-0.2, -0.15) is 8.75 Å². The van der Waals surface area contributed by atoms with Crippen LogP contribution in [0, 0.1) is 11.8 Å². The Kier molecular flexibility index (Phi) is 9.38. The summed E-state index contributed by atoms with van der Waals surface area (Å²) in [5, 5.41) is 0. The molecule has 26 heavy (non-hydrogen) atoms. The van der Waals surface area contributed by atoms with Crippen molar-refractivity contribution in [3.05, 3.63) is 18.2 Å². The van der Waals surface area contributed by atoms with E-state index in [0.717, 1.165) is 36.0 Å².